The van der Waals surface area contributed by atoms with Crippen molar-refractivity contribution in [1.82, 2.24) is 10.3 Å². The summed E-state index contributed by atoms with van der Waals surface area (Å²) in [6, 6.07) is 1.88. The first kappa shape index (κ1) is 16.6. The molecule has 4 nitrogen and oxygen atoms in total. The van der Waals surface area contributed by atoms with E-state index in [1.807, 2.05) is 19.9 Å². The van der Waals surface area contributed by atoms with Crippen LogP contribution in [0.2, 0.25) is 0 Å². The Kier molecular flexibility index (Phi) is 6.62. The van der Waals surface area contributed by atoms with Crippen LogP contribution in [0.1, 0.15) is 29.9 Å². The minimum Gasteiger partial charge on any atom is -0.382 e. The minimum absolute atomic E-state index is 0.0285. The zero-order valence-corrected chi connectivity index (χ0v) is 13.8. The van der Waals surface area contributed by atoms with E-state index in [1.165, 1.54) is 17.4 Å². The van der Waals surface area contributed by atoms with Gasteiger partial charge in [-0.1, -0.05) is 20.4 Å². The lowest BCUT2D eigenvalue weighted by Gasteiger charge is -2.22. The van der Waals surface area contributed by atoms with Crippen LogP contribution in [0.15, 0.2) is 34.5 Å². The predicted octanol–water partition coefficient (Wildman–Crippen LogP) is 3.69. The van der Waals surface area contributed by atoms with E-state index in [-0.39, 0.29) is 17.7 Å². The zero-order chi connectivity index (χ0) is 15.1. The third-order valence-corrected chi connectivity index (χ3v) is 4.21. The van der Waals surface area contributed by atoms with Gasteiger partial charge in [0.05, 0.1) is 17.1 Å². The van der Waals surface area contributed by atoms with Gasteiger partial charge in [-0.15, -0.1) is 11.3 Å². The van der Waals surface area contributed by atoms with E-state index < -0.39 is 0 Å². The number of hydrogen-bond donors (Lipinski definition) is 1. The molecule has 1 heterocycles. The first-order chi connectivity index (χ1) is 9.43. The topological polar surface area (TPSA) is 65.8 Å². The number of hydrogen-bond acceptors (Lipinski definition) is 5. The van der Waals surface area contributed by atoms with Crippen LogP contribution < -0.4 is 5.32 Å². The van der Waals surface area contributed by atoms with Gasteiger partial charge in [-0.3, -0.25) is 4.79 Å². The van der Waals surface area contributed by atoms with Crippen molar-refractivity contribution >= 4 is 33.0 Å². The molecule has 0 fully saturated rings. The normalized spacial score (nSPS) is 12.3. The first-order valence-electron chi connectivity index (χ1n) is 6.10. The van der Waals surface area contributed by atoms with Crippen molar-refractivity contribution in [2.24, 2.45) is 5.92 Å². The summed E-state index contributed by atoms with van der Waals surface area (Å²) < 4.78 is 0.705. The number of nitriles is 1. The summed E-state index contributed by atoms with van der Waals surface area (Å²) in [5.41, 5.74) is 0.628. The highest BCUT2D eigenvalue weighted by molar-refractivity contribution is 9.11. The van der Waals surface area contributed by atoms with Gasteiger partial charge in [0.1, 0.15) is 0 Å². The molecular formula is C14H16BrN3OS. The maximum atomic E-state index is 12.2. The molecule has 0 spiro atoms. The van der Waals surface area contributed by atoms with E-state index in [1.54, 1.807) is 12.3 Å². The van der Waals surface area contributed by atoms with Gasteiger partial charge >= 0.3 is 0 Å². The molecule has 1 unspecified atom stereocenters. The second kappa shape index (κ2) is 7.98. The van der Waals surface area contributed by atoms with Gasteiger partial charge in [0, 0.05) is 24.2 Å². The van der Waals surface area contributed by atoms with Gasteiger partial charge in [0.15, 0.2) is 9.70 Å². The molecule has 0 saturated heterocycles. The number of nitrogens with one attached hydrogen (secondary N) is 1. The molecule has 1 aromatic heterocycles. The summed E-state index contributed by atoms with van der Waals surface area (Å²) in [6.45, 7) is 7.89. The molecule has 0 aliphatic heterocycles. The van der Waals surface area contributed by atoms with E-state index >= 15 is 0 Å². The summed E-state index contributed by atoms with van der Waals surface area (Å²) in [5, 5.41) is 11.7. The van der Waals surface area contributed by atoms with Crippen molar-refractivity contribution in [3.05, 3.63) is 39.4 Å². The fourth-order valence-corrected chi connectivity index (χ4v) is 2.77. The number of carbonyl (C=O) groups is 1. The van der Waals surface area contributed by atoms with Gasteiger partial charge < -0.3 is 5.32 Å². The average Bonchev–Trinajstić information content (AvgIpc) is 2.82. The Morgan fingerprint density at radius 3 is 2.90 bits per heavy atom. The van der Waals surface area contributed by atoms with Crippen molar-refractivity contribution in [3.63, 3.8) is 0 Å². The highest BCUT2D eigenvalue weighted by Gasteiger charge is 2.19. The van der Waals surface area contributed by atoms with Gasteiger partial charge in [-0.05, 0) is 27.9 Å². The number of aromatic nitrogens is 1. The smallest absolute Gasteiger partial charge is 0.176 e. The lowest BCUT2D eigenvalue weighted by Crippen LogP contribution is -2.34. The predicted molar refractivity (Wildman–Crippen MR) is 84.4 cm³/mol. The number of rotatable bonds is 7. The van der Waals surface area contributed by atoms with Crippen molar-refractivity contribution < 1.29 is 4.79 Å². The summed E-state index contributed by atoms with van der Waals surface area (Å²) in [4.78, 5) is 16.8. The van der Waals surface area contributed by atoms with Gasteiger partial charge in [-0.2, -0.15) is 5.26 Å². The van der Waals surface area contributed by atoms with Gasteiger partial charge in [0.25, 0.3) is 0 Å². The largest absolute Gasteiger partial charge is 0.382 e. The quantitative estimate of drug-likeness (QED) is 0.461. The molecule has 1 atom stereocenters. The van der Waals surface area contributed by atoms with Crippen LogP contribution in [-0.2, 0) is 0 Å². The summed E-state index contributed by atoms with van der Waals surface area (Å²) in [7, 11) is 0. The van der Waals surface area contributed by atoms with E-state index in [0.717, 1.165) is 0 Å². The molecule has 0 aliphatic carbocycles. The van der Waals surface area contributed by atoms with Crippen LogP contribution in [0, 0.1) is 17.2 Å². The van der Waals surface area contributed by atoms with E-state index in [4.69, 9.17) is 5.26 Å². The van der Waals surface area contributed by atoms with Crippen LogP contribution in [0.5, 0.6) is 0 Å². The number of ketones is 1. The van der Waals surface area contributed by atoms with Crippen LogP contribution >= 0.6 is 27.3 Å². The molecule has 106 valence electrons. The van der Waals surface area contributed by atoms with Crippen LogP contribution in [0.25, 0.3) is 0 Å². The number of thiazole rings is 1. The fourth-order valence-electron chi connectivity index (χ4n) is 1.56. The van der Waals surface area contributed by atoms with Gasteiger partial charge in [0.2, 0.25) is 0 Å². The second-order valence-corrected chi connectivity index (χ2v) is 6.89. The summed E-state index contributed by atoms with van der Waals surface area (Å²) >= 11 is 4.58. The molecule has 0 saturated carbocycles. The Morgan fingerprint density at radius 1 is 1.70 bits per heavy atom. The van der Waals surface area contributed by atoms with Crippen molar-refractivity contribution in [1.29, 1.82) is 5.26 Å². The van der Waals surface area contributed by atoms with E-state index in [0.29, 0.717) is 20.9 Å². The van der Waals surface area contributed by atoms with Crippen molar-refractivity contribution in [2.75, 3.05) is 0 Å². The van der Waals surface area contributed by atoms with Crippen molar-refractivity contribution in [2.45, 2.75) is 26.3 Å². The summed E-state index contributed by atoms with van der Waals surface area (Å²) in [5.74, 6) is 0.319. The van der Waals surface area contributed by atoms with Crippen LogP contribution in [0.3, 0.4) is 0 Å². The monoisotopic (exact) mass is 353 g/mol. The SMILES string of the molecule is C=C(/C=C/C#N)NC(CC(=O)c1cnc(Br)s1)C(C)C. The molecule has 20 heavy (non-hydrogen) atoms. The fraction of sp³-hybridized carbons (Fsp3) is 0.357. The van der Waals surface area contributed by atoms with Crippen molar-refractivity contribution in [3.8, 4) is 6.07 Å². The Bertz CT molecular complexity index is 557. The first-order valence-corrected chi connectivity index (χ1v) is 7.71. The number of carbonyl (C=O) groups excluding carboxylic acids is 1. The maximum Gasteiger partial charge on any atom is 0.176 e. The second-order valence-electron chi connectivity index (χ2n) is 4.59. The Labute approximate surface area is 131 Å². The highest BCUT2D eigenvalue weighted by atomic mass is 79.9. The number of halogens is 1. The third kappa shape index (κ3) is 5.27. The average molecular weight is 354 g/mol. The van der Waals surface area contributed by atoms with Crippen LogP contribution in [-0.4, -0.2) is 16.8 Å². The Balaban J connectivity index is 2.68. The molecule has 1 N–H and O–H groups in total. The number of Topliss-reactive ketones (excluding diaryl/α,β-unsaturated/α-hetero) is 1. The highest BCUT2D eigenvalue weighted by Crippen LogP contribution is 2.21. The van der Waals surface area contributed by atoms with Gasteiger partial charge in [-0.25, -0.2) is 4.98 Å². The molecule has 1 aromatic rings. The lowest BCUT2D eigenvalue weighted by atomic mass is 9.98. The molecule has 0 bridgehead atoms. The third-order valence-electron chi connectivity index (χ3n) is 2.69. The Morgan fingerprint density at radius 2 is 2.40 bits per heavy atom. The number of nitrogens with zero attached hydrogens (tertiary/aromatic N) is 2. The molecular weight excluding hydrogens is 338 g/mol. The minimum atomic E-state index is -0.0285. The standard InChI is InChI=1S/C14H16BrN3OS/c1-9(2)11(18-10(3)5-4-6-16)7-12(19)13-8-17-14(15)20-13/h4-5,8-9,11,18H,3,7H2,1-2H3/b5-4+. The molecule has 1 rings (SSSR count). The zero-order valence-electron chi connectivity index (χ0n) is 11.4. The van der Waals surface area contributed by atoms with Crippen LogP contribution in [0.4, 0.5) is 0 Å². The molecule has 0 amide bonds. The molecule has 0 radical (unpaired) electrons. The van der Waals surface area contributed by atoms with E-state index in [2.05, 4.69) is 32.8 Å². The molecule has 0 aromatic carbocycles. The summed E-state index contributed by atoms with van der Waals surface area (Å²) in [6.07, 6.45) is 4.91. The Hall–Kier alpha value is -1.45. The maximum absolute atomic E-state index is 12.2. The molecule has 0 aliphatic rings. The molecule has 6 heteroatoms. The number of allylic oxidation sites excluding steroid dienone is 2. The van der Waals surface area contributed by atoms with E-state index in [9.17, 15) is 4.79 Å². The lowest BCUT2D eigenvalue weighted by molar-refractivity contribution is 0.0966.